The van der Waals surface area contributed by atoms with E-state index in [-0.39, 0.29) is 11.2 Å². The van der Waals surface area contributed by atoms with Gasteiger partial charge in [-0.1, -0.05) is 49.0 Å². The Morgan fingerprint density at radius 1 is 1.40 bits per heavy atom. The zero-order valence-corrected chi connectivity index (χ0v) is 12.3. The largest absolute Gasteiger partial charge is 0.351 e. The Bertz CT molecular complexity index is 557. The van der Waals surface area contributed by atoms with Gasteiger partial charge in [-0.25, -0.2) is 4.68 Å². The van der Waals surface area contributed by atoms with Gasteiger partial charge in [0, 0.05) is 13.6 Å². The number of benzene rings is 1. The Kier molecular flexibility index (Phi) is 5.11. The van der Waals surface area contributed by atoms with Gasteiger partial charge in [-0.2, -0.15) is 0 Å². The van der Waals surface area contributed by atoms with Crippen molar-refractivity contribution < 1.29 is 4.79 Å². The van der Waals surface area contributed by atoms with Gasteiger partial charge in [0.15, 0.2) is 0 Å². The normalized spacial score (nSPS) is 12.1. The maximum absolute atomic E-state index is 12.2. The second kappa shape index (κ2) is 7.04. The Hall–Kier alpha value is -1.89. The number of nitrogens with one attached hydrogen (secondary N) is 1. The van der Waals surface area contributed by atoms with E-state index in [4.69, 9.17) is 0 Å². The Morgan fingerprint density at radius 3 is 2.75 bits per heavy atom. The average molecular weight is 291 g/mol. The van der Waals surface area contributed by atoms with Crippen LogP contribution >= 0.6 is 11.8 Å². The minimum Gasteiger partial charge on any atom is -0.351 e. The average Bonchev–Trinajstić information content (AvgIpc) is 2.88. The summed E-state index contributed by atoms with van der Waals surface area (Å²) in [6.07, 6.45) is 0.720. The third-order valence-electron chi connectivity index (χ3n) is 2.80. The van der Waals surface area contributed by atoms with Crippen molar-refractivity contribution in [1.29, 1.82) is 0 Å². The maximum Gasteiger partial charge on any atom is 0.233 e. The summed E-state index contributed by atoms with van der Waals surface area (Å²) in [6, 6.07) is 9.84. The molecule has 1 atom stereocenters. The molecule has 0 saturated carbocycles. The van der Waals surface area contributed by atoms with Crippen molar-refractivity contribution >= 4 is 17.7 Å². The Balaban J connectivity index is 1.91. The molecule has 0 fully saturated rings. The second-order valence-corrected chi connectivity index (χ2v) is 5.47. The quantitative estimate of drug-likeness (QED) is 0.814. The molecule has 1 N–H and O–H groups in total. The lowest BCUT2D eigenvalue weighted by Crippen LogP contribution is -2.32. The van der Waals surface area contributed by atoms with Gasteiger partial charge in [-0.3, -0.25) is 4.79 Å². The van der Waals surface area contributed by atoms with Crippen LogP contribution in [0.5, 0.6) is 0 Å². The molecule has 1 aromatic carbocycles. The number of aromatic nitrogens is 4. The minimum absolute atomic E-state index is 0.00403. The van der Waals surface area contributed by atoms with Gasteiger partial charge < -0.3 is 5.32 Å². The highest BCUT2D eigenvalue weighted by atomic mass is 32.2. The summed E-state index contributed by atoms with van der Waals surface area (Å²) < 4.78 is 1.57. The predicted octanol–water partition coefficient (Wildman–Crippen LogP) is 1.40. The molecule has 1 heterocycles. The molecule has 0 spiro atoms. The zero-order chi connectivity index (χ0) is 14.4. The highest BCUT2D eigenvalue weighted by Crippen LogP contribution is 2.22. The predicted molar refractivity (Wildman–Crippen MR) is 77.0 cm³/mol. The van der Waals surface area contributed by atoms with Crippen molar-refractivity contribution in [3.05, 3.63) is 35.9 Å². The van der Waals surface area contributed by atoms with Crippen molar-refractivity contribution in [2.75, 3.05) is 0 Å². The van der Waals surface area contributed by atoms with Gasteiger partial charge in [0.1, 0.15) is 0 Å². The molecule has 6 nitrogen and oxygen atoms in total. The minimum atomic E-state index is -0.191. The molecule has 2 aromatic rings. The topological polar surface area (TPSA) is 72.7 Å². The third-order valence-corrected chi connectivity index (χ3v) is 4.19. The van der Waals surface area contributed by atoms with Gasteiger partial charge in [-0.05, 0) is 22.4 Å². The summed E-state index contributed by atoms with van der Waals surface area (Å²) in [5.74, 6) is 0.00403. The number of hydrogen-bond acceptors (Lipinski definition) is 5. The van der Waals surface area contributed by atoms with Crippen molar-refractivity contribution in [2.24, 2.45) is 7.05 Å². The maximum atomic E-state index is 12.2. The fraction of sp³-hybridized carbons (Fsp3) is 0.385. The summed E-state index contributed by atoms with van der Waals surface area (Å²) in [5, 5.41) is 14.6. The lowest BCUT2D eigenvalue weighted by atomic mass is 10.2. The van der Waals surface area contributed by atoms with Crippen molar-refractivity contribution in [2.45, 2.75) is 30.3 Å². The molecule has 106 valence electrons. The monoisotopic (exact) mass is 291 g/mol. The summed E-state index contributed by atoms with van der Waals surface area (Å²) in [7, 11) is 1.76. The summed E-state index contributed by atoms with van der Waals surface area (Å²) in [5.41, 5.74) is 1.08. The van der Waals surface area contributed by atoms with Crippen LogP contribution in [0.1, 0.15) is 18.9 Å². The molecule has 0 aliphatic rings. The highest BCUT2D eigenvalue weighted by molar-refractivity contribution is 8.00. The number of rotatable bonds is 6. The van der Waals surface area contributed by atoms with Crippen molar-refractivity contribution in [3.8, 4) is 0 Å². The molecule has 0 radical (unpaired) electrons. The van der Waals surface area contributed by atoms with Crippen LogP contribution in [0.2, 0.25) is 0 Å². The van der Waals surface area contributed by atoms with E-state index < -0.39 is 0 Å². The molecular formula is C13H17N5OS. The van der Waals surface area contributed by atoms with Gasteiger partial charge >= 0.3 is 0 Å². The van der Waals surface area contributed by atoms with E-state index in [0.717, 1.165) is 12.0 Å². The SMILES string of the molecule is CCC(Sc1nnnn1C)C(=O)NCc1ccccc1. The van der Waals surface area contributed by atoms with Gasteiger partial charge in [0.25, 0.3) is 0 Å². The number of carbonyl (C=O) groups is 1. The first-order valence-electron chi connectivity index (χ1n) is 6.41. The van der Waals surface area contributed by atoms with E-state index in [0.29, 0.717) is 11.7 Å². The van der Waals surface area contributed by atoms with E-state index >= 15 is 0 Å². The van der Waals surface area contributed by atoms with E-state index in [1.807, 2.05) is 37.3 Å². The van der Waals surface area contributed by atoms with E-state index in [1.165, 1.54) is 11.8 Å². The molecule has 0 bridgehead atoms. The van der Waals surface area contributed by atoms with Crippen molar-refractivity contribution in [3.63, 3.8) is 0 Å². The number of nitrogens with zero attached hydrogens (tertiary/aromatic N) is 4. The summed E-state index contributed by atoms with van der Waals surface area (Å²) >= 11 is 1.38. The lowest BCUT2D eigenvalue weighted by Gasteiger charge is -2.13. The first-order chi connectivity index (χ1) is 9.70. The second-order valence-electron chi connectivity index (χ2n) is 4.30. The fourth-order valence-corrected chi connectivity index (χ4v) is 2.55. The van der Waals surface area contributed by atoms with Gasteiger partial charge in [-0.15, -0.1) is 5.10 Å². The fourth-order valence-electron chi connectivity index (χ4n) is 1.67. The van der Waals surface area contributed by atoms with Crippen LogP contribution in [0.4, 0.5) is 0 Å². The van der Waals surface area contributed by atoms with Crippen LogP contribution in [-0.2, 0) is 18.4 Å². The van der Waals surface area contributed by atoms with E-state index in [9.17, 15) is 4.79 Å². The summed E-state index contributed by atoms with van der Waals surface area (Å²) in [6.45, 7) is 2.51. The summed E-state index contributed by atoms with van der Waals surface area (Å²) in [4.78, 5) is 12.2. The smallest absolute Gasteiger partial charge is 0.233 e. The molecule has 0 aliphatic carbocycles. The molecule has 1 aromatic heterocycles. The lowest BCUT2D eigenvalue weighted by molar-refractivity contribution is -0.120. The van der Waals surface area contributed by atoms with E-state index in [1.54, 1.807) is 11.7 Å². The number of tetrazole rings is 1. The highest BCUT2D eigenvalue weighted by Gasteiger charge is 2.20. The molecule has 0 aliphatic heterocycles. The number of amides is 1. The Labute approximate surface area is 121 Å². The van der Waals surface area contributed by atoms with Crippen LogP contribution in [0.15, 0.2) is 35.5 Å². The van der Waals surface area contributed by atoms with Gasteiger partial charge in [0.05, 0.1) is 5.25 Å². The number of carbonyl (C=O) groups excluding carboxylic acids is 1. The number of aryl methyl sites for hydroxylation is 1. The molecule has 1 amide bonds. The standard InChI is InChI=1S/C13H17N5OS/c1-3-11(20-13-15-16-17-18(13)2)12(19)14-9-10-7-5-4-6-8-10/h4-8,11H,3,9H2,1-2H3,(H,14,19). The van der Waals surface area contributed by atoms with Crippen LogP contribution in [0, 0.1) is 0 Å². The number of thioether (sulfide) groups is 1. The zero-order valence-electron chi connectivity index (χ0n) is 11.5. The third kappa shape index (κ3) is 3.80. The first kappa shape index (κ1) is 14.5. The Morgan fingerprint density at radius 2 is 2.15 bits per heavy atom. The van der Waals surface area contributed by atoms with Crippen LogP contribution in [0.25, 0.3) is 0 Å². The molecule has 7 heteroatoms. The van der Waals surface area contributed by atoms with Crippen LogP contribution in [0.3, 0.4) is 0 Å². The molecule has 0 saturated heterocycles. The van der Waals surface area contributed by atoms with Crippen LogP contribution in [-0.4, -0.2) is 31.4 Å². The van der Waals surface area contributed by atoms with Gasteiger partial charge in [0.2, 0.25) is 11.1 Å². The molecule has 20 heavy (non-hydrogen) atoms. The van der Waals surface area contributed by atoms with E-state index in [2.05, 4.69) is 20.8 Å². The molecular weight excluding hydrogens is 274 g/mol. The first-order valence-corrected chi connectivity index (χ1v) is 7.29. The van der Waals surface area contributed by atoms with Crippen molar-refractivity contribution in [1.82, 2.24) is 25.5 Å². The molecule has 2 rings (SSSR count). The molecule has 1 unspecified atom stereocenters. The van der Waals surface area contributed by atoms with Crippen LogP contribution < -0.4 is 5.32 Å². The number of hydrogen-bond donors (Lipinski definition) is 1.